The summed E-state index contributed by atoms with van der Waals surface area (Å²) in [5.74, 6) is 0.502. The lowest BCUT2D eigenvalue weighted by Crippen LogP contribution is -2.19. The van der Waals surface area contributed by atoms with Crippen LogP contribution in [0.1, 0.15) is 18.1 Å². The maximum absolute atomic E-state index is 11.8. The first-order valence-electron chi connectivity index (χ1n) is 6.97. The molecule has 0 amide bonds. The molecular formula is C15H16N6O2. The van der Waals surface area contributed by atoms with Crippen molar-refractivity contribution in [2.24, 2.45) is 7.05 Å². The fraction of sp³-hybridized carbons (Fsp3) is 0.200. The van der Waals surface area contributed by atoms with Gasteiger partial charge in [-0.25, -0.2) is 9.89 Å². The fourth-order valence-corrected chi connectivity index (χ4v) is 2.30. The Balaban J connectivity index is 2.03. The van der Waals surface area contributed by atoms with Crippen molar-refractivity contribution in [1.82, 2.24) is 30.0 Å². The van der Waals surface area contributed by atoms with Crippen molar-refractivity contribution in [2.45, 2.75) is 13.5 Å². The van der Waals surface area contributed by atoms with Crippen molar-refractivity contribution in [3.8, 4) is 11.6 Å². The van der Waals surface area contributed by atoms with Crippen LogP contribution in [0.5, 0.6) is 5.88 Å². The number of allylic oxidation sites excluding steroid dienone is 1. The average molecular weight is 312 g/mol. The number of ether oxygens (including phenoxy) is 1. The minimum absolute atomic E-state index is 0.231. The Labute approximate surface area is 132 Å². The molecule has 8 heteroatoms. The van der Waals surface area contributed by atoms with E-state index >= 15 is 0 Å². The van der Waals surface area contributed by atoms with Gasteiger partial charge in [-0.05, 0) is 29.0 Å². The van der Waals surface area contributed by atoms with Crippen LogP contribution in [-0.4, -0.2) is 30.0 Å². The third kappa shape index (κ3) is 2.91. The summed E-state index contributed by atoms with van der Waals surface area (Å²) in [5, 5.41) is 13.8. The zero-order chi connectivity index (χ0) is 16.4. The van der Waals surface area contributed by atoms with Crippen LogP contribution in [0, 0.1) is 0 Å². The number of benzene rings is 1. The Bertz CT molecular complexity index is 905. The van der Waals surface area contributed by atoms with Gasteiger partial charge < -0.3 is 4.74 Å². The van der Waals surface area contributed by atoms with Crippen LogP contribution in [0.15, 0.2) is 41.8 Å². The molecule has 0 aliphatic heterocycles. The quantitative estimate of drug-likeness (QED) is 0.767. The number of aryl methyl sites for hydroxylation is 1. The topological polar surface area (TPSA) is 90.6 Å². The molecule has 1 aromatic carbocycles. The summed E-state index contributed by atoms with van der Waals surface area (Å²) in [4.78, 5) is 11.8. The predicted molar refractivity (Wildman–Crippen MR) is 84.2 cm³/mol. The monoisotopic (exact) mass is 312 g/mol. The average Bonchev–Trinajstić information content (AvgIpc) is 3.13. The number of tetrazole rings is 1. The van der Waals surface area contributed by atoms with Crippen LogP contribution >= 0.6 is 0 Å². The Morgan fingerprint density at radius 2 is 2.22 bits per heavy atom. The van der Waals surface area contributed by atoms with Crippen molar-refractivity contribution >= 4 is 5.57 Å². The van der Waals surface area contributed by atoms with Gasteiger partial charge in [0.05, 0.1) is 5.69 Å². The first kappa shape index (κ1) is 14.8. The zero-order valence-electron chi connectivity index (χ0n) is 12.9. The third-order valence-electron chi connectivity index (χ3n) is 3.36. The molecule has 2 aromatic heterocycles. The van der Waals surface area contributed by atoms with Crippen molar-refractivity contribution in [3.63, 3.8) is 0 Å². The van der Waals surface area contributed by atoms with Gasteiger partial charge in [0.2, 0.25) is 5.88 Å². The highest BCUT2D eigenvalue weighted by Crippen LogP contribution is 2.24. The fourth-order valence-electron chi connectivity index (χ4n) is 2.30. The van der Waals surface area contributed by atoms with Gasteiger partial charge in [-0.15, -0.1) is 5.10 Å². The van der Waals surface area contributed by atoms with Crippen molar-refractivity contribution in [1.29, 1.82) is 0 Å². The zero-order valence-corrected chi connectivity index (χ0v) is 12.9. The number of aromatic nitrogens is 6. The van der Waals surface area contributed by atoms with Crippen LogP contribution in [0.25, 0.3) is 11.3 Å². The van der Waals surface area contributed by atoms with E-state index in [0.717, 1.165) is 16.7 Å². The standard InChI is InChI=1S/C15H16N6O2/c1-10(2)11-5-4-6-13(21-15(22)16-18-19-21)12(11)9-23-14-7-8-20(3)17-14/h4-8H,1,9H2,2-3H3,(H,16,19,22). The Hall–Kier alpha value is -3.16. The van der Waals surface area contributed by atoms with Crippen LogP contribution < -0.4 is 10.4 Å². The number of aromatic amines is 1. The summed E-state index contributed by atoms with van der Waals surface area (Å²) in [6, 6.07) is 7.32. The normalized spacial score (nSPS) is 10.7. The second-order valence-electron chi connectivity index (χ2n) is 5.12. The van der Waals surface area contributed by atoms with E-state index in [2.05, 4.69) is 27.2 Å². The van der Waals surface area contributed by atoms with Gasteiger partial charge in [0.15, 0.2) is 0 Å². The summed E-state index contributed by atoms with van der Waals surface area (Å²) in [6.07, 6.45) is 1.79. The van der Waals surface area contributed by atoms with E-state index in [9.17, 15) is 4.79 Å². The maximum Gasteiger partial charge on any atom is 0.365 e. The molecule has 8 nitrogen and oxygen atoms in total. The van der Waals surface area contributed by atoms with E-state index in [1.165, 1.54) is 4.68 Å². The van der Waals surface area contributed by atoms with Gasteiger partial charge in [0.25, 0.3) is 0 Å². The Morgan fingerprint density at radius 3 is 2.83 bits per heavy atom. The summed E-state index contributed by atoms with van der Waals surface area (Å²) >= 11 is 0. The van der Waals surface area contributed by atoms with E-state index in [-0.39, 0.29) is 6.61 Å². The van der Waals surface area contributed by atoms with E-state index in [1.807, 2.05) is 26.1 Å². The SMILES string of the molecule is C=C(C)c1cccc(-n2nn[nH]c2=O)c1COc1ccn(C)n1. The second kappa shape index (κ2) is 5.91. The summed E-state index contributed by atoms with van der Waals surface area (Å²) in [6.45, 7) is 6.11. The molecule has 0 radical (unpaired) electrons. The van der Waals surface area contributed by atoms with Crippen LogP contribution in [0.4, 0.5) is 0 Å². The van der Waals surface area contributed by atoms with Crippen LogP contribution in [0.3, 0.4) is 0 Å². The molecule has 0 fully saturated rings. The molecule has 0 aliphatic rings. The summed E-state index contributed by atoms with van der Waals surface area (Å²) in [7, 11) is 1.81. The molecule has 2 heterocycles. The van der Waals surface area contributed by atoms with Crippen molar-refractivity contribution in [3.05, 3.63) is 58.7 Å². The lowest BCUT2D eigenvalue weighted by atomic mass is 10.0. The van der Waals surface area contributed by atoms with Crippen LogP contribution in [0.2, 0.25) is 0 Å². The second-order valence-corrected chi connectivity index (χ2v) is 5.12. The molecule has 23 heavy (non-hydrogen) atoms. The lowest BCUT2D eigenvalue weighted by molar-refractivity contribution is 0.290. The Kier molecular flexibility index (Phi) is 3.80. The van der Waals surface area contributed by atoms with Gasteiger partial charge in [0.1, 0.15) is 6.61 Å². The van der Waals surface area contributed by atoms with E-state index in [1.54, 1.807) is 23.0 Å². The summed E-state index contributed by atoms with van der Waals surface area (Å²) in [5.41, 5.74) is 2.74. The minimum atomic E-state index is -0.414. The molecule has 0 saturated carbocycles. The molecule has 3 aromatic rings. The number of rotatable bonds is 5. The summed E-state index contributed by atoms with van der Waals surface area (Å²) < 4.78 is 8.59. The largest absolute Gasteiger partial charge is 0.472 e. The first-order chi connectivity index (χ1) is 11.1. The van der Waals surface area contributed by atoms with Gasteiger partial charge in [-0.1, -0.05) is 24.3 Å². The van der Waals surface area contributed by atoms with Crippen LogP contribution in [-0.2, 0) is 13.7 Å². The third-order valence-corrected chi connectivity index (χ3v) is 3.36. The molecule has 0 unspecified atom stereocenters. The molecule has 118 valence electrons. The van der Waals surface area contributed by atoms with Gasteiger partial charge in [-0.2, -0.15) is 4.68 Å². The minimum Gasteiger partial charge on any atom is -0.472 e. The number of nitrogens with one attached hydrogen (secondary N) is 1. The smallest absolute Gasteiger partial charge is 0.365 e. The molecule has 0 atom stereocenters. The Morgan fingerprint density at radius 1 is 1.39 bits per heavy atom. The lowest BCUT2D eigenvalue weighted by Gasteiger charge is -2.14. The predicted octanol–water partition coefficient (Wildman–Crippen LogP) is 1.30. The molecule has 0 bridgehead atoms. The molecule has 0 spiro atoms. The van der Waals surface area contributed by atoms with Crippen molar-refractivity contribution < 1.29 is 4.74 Å². The highest BCUT2D eigenvalue weighted by atomic mass is 16.5. The molecular weight excluding hydrogens is 296 g/mol. The number of hydrogen-bond acceptors (Lipinski definition) is 5. The highest BCUT2D eigenvalue weighted by molar-refractivity contribution is 5.68. The van der Waals surface area contributed by atoms with Gasteiger partial charge in [0, 0.05) is 24.9 Å². The molecule has 0 saturated heterocycles. The number of H-pyrrole nitrogens is 1. The molecule has 0 aliphatic carbocycles. The van der Waals surface area contributed by atoms with E-state index < -0.39 is 5.69 Å². The highest BCUT2D eigenvalue weighted by Gasteiger charge is 2.15. The van der Waals surface area contributed by atoms with E-state index in [4.69, 9.17) is 4.74 Å². The van der Waals surface area contributed by atoms with Crippen molar-refractivity contribution in [2.75, 3.05) is 0 Å². The molecule has 1 N–H and O–H groups in total. The number of nitrogens with zero attached hydrogens (tertiary/aromatic N) is 5. The first-order valence-corrected chi connectivity index (χ1v) is 6.97. The molecule has 3 rings (SSSR count). The van der Waals surface area contributed by atoms with E-state index in [0.29, 0.717) is 11.6 Å². The van der Waals surface area contributed by atoms with Gasteiger partial charge in [-0.3, -0.25) is 4.68 Å². The number of hydrogen-bond donors (Lipinski definition) is 1. The van der Waals surface area contributed by atoms with Gasteiger partial charge >= 0.3 is 5.69 Å². The maximum atomic E-state index is 11.8.